The van der Waals surface area contributed by atoms with Crippen LogP contribution in [-0.2, 0) is 13.0 Å². The third kappa shape index (κ3) is 4.21. The van der Waals surface area contributed by atoms with Crippen molar-refractivity contribution in [2.24, 2.45) is 0 Å². The molecule has 126 valence electrons. The second-order valence-corrected chi connectivity index (χ2v) is 5.67. The van der Waals surface area contributed by atoms with E-state index in [4.69, 9.17) is 5.26 Å². The van der Waals surface area contributed by atoms with Crippen LogP contribution in [0.15, 0.2) is 61.2 Å². The van der Waals surface area contributed by atoms with E-state index >= 15 is 0 Å². The molecule has 5 nitrogen and oxygen atoms in total. The minimum absolute atomic E-state index is 0.290. The SMILES string of the molecule is N#Cc1ccc(N(Cc2ccc(CCCF)cc2)n2cnnc2)cc1. The fourth-order valence-corrected chi connectivity index (χ4v) is 2.59. The van der Waals surface area contributed by atoms with Crippen molar-refractivity contribution in [3.05, 3.63) is 77.9 Å². The molecule has 0 atom stereocenters. The van der Waals surface area contributed by atoms with Crippen LogP contribution in [0.1, 0.15) is 23.1 Å². The molecule has 0 aliphatic heterocycles. The second-order valence-electron chi connectivity index (χ2n) is 5.67. The average molecular weight is 335 g/mol. The molecule has 0 radical (unpaired) electrons. The number of hydrogen-bond donors (Lipinski definition) is 0. The first-order valence-electron chi connectivity index (χ1n) is 8.06. The molecular formula is C19H18FN5. The molecule has 0 aliphatic rings. The summed E-state index contributed by atoms with van der Waals surface area (Å²) in [6, 6.07) is 17.7. The molecule has 0 saturated heterocycles. The zero-order valence-corrected chi connectivity index (χ0v) is 13.7. The van der Waals surface area contributed by atoms with E-state index in [1.807, 2.05) is 29.3 Å². The molecule has 0 bridgehead atoms. The van der Waals surface area contributed by atoms with Crippen molar-refractivity contribution in [1.82, 2.24) is 14.9 Å². The lowest BCUT2D eigenvalue weighted by Gasteiger charge is -2.25. The first-order chi connectivity index (χ1) is 12.3. The number of nitriles is 1. The monoisotopic (exact) mass is 335 g/mol. The minimum Gasteiger partial charge on any atom is -0.274 e. The fraction of sp³-hybridized carbons (Fsp3) is 0.211. The first-order valence-corrected chi connectivity index (χ1v) is 8.06. The zero-order valence-electron chi connectivity index (χ0n) is 13.7. The van der Waals surface area contributed by atoms with Gasteiger partial charge in [-0.1, -0.05) is 24.3 Å². The summed E-state index contributed by atoms with van der Waals surface area (Å²) in [6.07, 6.45) is 4.57. The Morgan fingerprint density at radius 1 is 0.960 bits per heavy atom. The molecule has 0 spiro atoms. The van der Waals surface area contributed by atoms with Gasteiger partial charge in [-0.3, -0.25) is 9.40 Å². The molecule has 3 aromatic rings. The van der Waals surface area contributed by atoms with Crippen LogP contribution >= 0.6 is 0 Å². The predicted octanol–water partition coefficient (Wildman–Crippen LogP) is 3.52. The minimum atomic E-state index is -0.290. The van der Waals surface area contributed by atoms with Gasteiger partial charge in [0.2, 0.25) is 0 Å². The number of halogens is 1. The average Bonchev–Trinajstić information content (AvgIpc) is 3.20. The number of anilines is 1. The number of rotatable bonds is 7. The second kappa shape index (κ2) is 8.06. The van der Waals surface area contributed by atoms with Crippen molar-refractivity contribution in [2.75, 3.05) is 11.7 Å². The van der Waals surface area contributed by atoms with Gasteiger partial charge in [-0.05, 0) is 48.2 Å². The lowest BCUT2D eigenvalue weighted by molar-refractivity contribution is 0.473. The van der Waals surface area contributed by atoms with Crippen LogP contribution in [-0.4, -0.2) is 21.5 Å². The van der Waals surface area contributed by atoms with Crippen molar-refractivity contribution in [1.29, 1.82) is 5.26 Å². The van der Waals surface area contributed by atoms with Crippen LogP contribution in [0.4, 0.5) is 10.1 Å². The molecule has 6 heteroatoms. The van der Waals surface area contributed by atoms with E-state index < -0.39 is 0 Å². The highest BCUT2D eigenvalue weighted by Gasteiger charge is 2.10. The van der Waals surface area contributed by atoms with Gasteiger partial charge < -0.3 is 0 Å². The molecule has 0 amide bonds. The molecule has 2 aromatic carbocycles. The summed E-state index contributed by atoms with van der Waals surface area (Å²) in [5, 5.41) is 18.7. The Hall–Kier alpha value is -3.20. The number of nitrogens with zero attached hydrogens (tertiary/aromatic N) is 5. The lowest BCUT2D eigenvalue weighted by Crippen LogP contribution is -2.27. The van der Waals surface area contributed by atoms with Crippen LogP contribution in [0, 0.1) is 11.3 Å². The van der Waals surface area contributed by atoms with Crippen LogP contribution in [0.25, 0.3) is 0 Å². The highest BCUT2D eigenvalue weighted by atomic mass is 19.1. The van der Waals surface area contributed by atoms with Gasteiger partial charge in [0.1, 0.15) is 12.7 Å². The van der Waals surface area contributed by atoms with Gasteiger partial charge in [0.05, 0.1) is 30.5 Å². The summed E-state index contributed by atoms with van der Waals surface area (Å²) < 4.78 is 14.1. The fourth-order valence-electron chi connectivity index (χ4n) is 2.59. The maximum atomic E-state index is 12.3. The summed E-state index contributed by atoms with van der Waals surface area (Å²) in [4.78, 5) is 0. The standard InChI is InChI=1S/C19H18FN5/c20-11-1-2-16-3-5-18(6-4-16)13-25(24-14-22-23-15-24)19-9-7-17(12-21)8-10-19/h3-10,14-15H,1-2,11,13H2. The molecule has 0 saturated carbocycles. The van der Waals surface area contributed by atoms with E-state index in [-0.39, 0.29) is 6.67 Å². The summed E-state index contributed by atoms with van der Waals surface area (Å²) in [7, 11) is 0. The third-order valence-corrected chi connectivity index (χ3v) is 3.93. The van der Waals surface area contributed by atoms with E-state index in [9.17, 15) is 4.39 Å². The number of aromatic nitrogens is 3. The van der Waals surface area contributed by atoms with Crippen LogP contribution in [0.2, 0.25) is 0 Å². The van der Waals surface area contributed by atoms with Gasteiger partial charge in [-0.2, -0.15) is 5.26 Å². The molecular weight excluding hydrogens is 317 g/mol. The summed E-state index contributed by atoms with van der Waals surface area (Å²) >= 11 is 0. The largest absolute Gasteiger partial charge is 0.274 e. The quantitative estimate of drug-likeness (QED) is 0.663. The molecule has 25 heavy (non-hydrogen) atoms. The van der Waals surface area contributed by atoms with E-state index in [1.54, 1.807) is 29.5 Å². The van der Waals surface area contributed by atoms with Crippen molar-refractivity contribution >= 4 is 5.69 Å². The lowest BCUT2D eigenvalue weighted by atomic mass is 10.1. The number of alkyl halides is 1. The predicted molar refractivity (Wildman–Crippen MR) is 93.5 cm³/mol. The van der Waals surface area contributed by atoms with Crippen LogP contribution in [0.3, 0.4) is 0 Å². The zero-order chi connectivity index (χ0) is 17.5. The van der Waals surface area contributed by atoms with E-state index in [2.05, 4.69) is 28.4 Å². The normalized spacial score (nSPS) is 10.4. The Balaban J connectivity index is 1.82. The molecule has 1 heterocycles. The molecule has 0 fully saturated rings. The Labute approximate surface area is 145 Å². The van der Waals surface area contributed by atoms with Crippen molar-refractivity contribution in [3.8, 4) is 6.07 Å². The highest BCUT2D eigenvalue weighted by molar-refractivity contribution is 5.49. The van der Waals surface area contributed by atoms with Gasteiger partial charge in [0.25, 0.3) is 0 Å². The Morgan fingerprint density at radius 3 is 2.20 bits per heavy atom. The molecule has 1 aromatic heterocycles. The van der Waals surface area contributed by atoms with Gasteiger partial charge in [0.15, 0.2) is 0 Å². The number of hydrogen-bond acceptors (Lipinski definition) is 4. The number of aryl methyl sites for hydroxylation is 1. The van der Waals surface area contributed by atoms with Gasteiger partial charge >= 0.3 is 0 Å². The summed E-state index contributed by atoms with van der Waals surface area (Å²) in [5.41, 5.74) is 3.79. The van der Waals surface area contributed by atoms with Crippen molar-refractivity contribution in [2.45, 2.75) is 19.4 Å². The summed E-state index contributed by atoms with van der Waals surface area (Å²) in [6.45, 7) is 0.329. The van der Waals surface area contributed by atoms with Gasteiger partial charge in [0, 0.05) is 0 Å². The van der Waals surface area contributed by atoms with Crippen LogP contribution in [0.5, 0.6) is 0 Å². The van der Waals surface area contributed by atoms with E-state index in [0.29, 0.717) is 18.5 Å². The molecule has 0 aliphatic carbocycles. The Kier molecular flexibility index (Phi) is 5.37. The van der Waals surface area contributed by atoms with Crippen LogP contribution < -0.4 is 5.01 Å². The first kappa shape index (κ1) is 16.7. The van der Waals surface area contributed by atoms with Gasteiger partial charge in [-0.15, -0.1) is 10.2 Å². The van der Waals surface area contributed by atoms with E-state index in [0.717, 1.165) is 23.2 Å². The maximum Gasteiger partial charge on any atom is 0.139 e. The van der Waals surface area contributed by atoms with E-state index in [1.165, 1.54) is 0 Å². The smallest absolute Gasteiger partial charge is 0.139 e. The molecule has 3 rings (SSSR count). The topological polar surface area (TPSA) is 57.7 Å². The highest BCUT2D eigenvalue weighted by Crippen LogP contribution is 2.19. The van der Waals surface area contributed by atoms with Gasteiger partial charge in [-0.25, -0.2) is 4.68 Å². The van der Waals surface area contributed by atoms with Crippen molar-refractivity contribution in [3.63, 3.8) is 0 Å². The maximum absolute atomic E-state index is 12.3. The molecule has 0 unspecified atom stereocenters. The Bertz CT molecular complexity index is 820. The summed E-state index contributed by atoms with van der Waals surface area (Å²) in [5.74, 6) is 0. The molecule has 0 N–H and O–H groups in total. The third-order valence-electron chi connectivity index (χ3n) is 3.93. The Morgan fingerprint density at radius 2 is 1.60 bits per heavy atom. The van der Waals surface area contributed by atoms with Crippen molar-refractivity contribution < 1.29 is 4.39 Å². The number of benzene rings is 2.